The van der Waals surface area contributed by atoms with Crippen molar-refractivity contribution >= 4 is 17.4 Å². The maximum atomic E-state index is 12.2. The van der Waals surface area contributed by atoms with Crippen LogP contribution in [0.1, 0.15) is 29.3 Å². The van der Waals surface area contributed by atoms with Crippen molar-refractivity contribution in [2.75, 3.05) is 26.6 Å². The first-order chi connectivity index (χ1) is 12.5. The molecule has 26 heavy (non-hydrogen) atoms. The molecule has 2 aromatic rings. The second-order valence-electron chi connectivity index (χ2n) is 5.72. The fourth-order valence-corrected chi connectivity index (χ4v) is 2.55. The van der Waals surface area contributed by atoms with Gasteiger partial charge in [0, 0.05) is 17.7 Å². The molecule has 0 heterocycles. The first kappa shape index (κ1) is 19.3. The molecule has 0 unspecified atom stereocenters. The Labute approximate surface area is 153 Å². The monoisotopic (exact) mass is 357 g/mol. The third kappa shape index (κ3) is 4.75. The van der Waals surface area contributed by atoms with Crippen molar-refractivity contribution in [2.45, 2.75) is 19.8 Å². The van der Waals surface area contributed by atoms with Crippen molar-refractivity contribution in [3.8, 4) is 17.2 Å². The summed E-state index contributed by atoms with van der Waals surface area (Å²) in [6.07, 6.45) is 0.821. The highest BCUT2D eigenvalue weighted by molar-refractivity contribution is 5.95. The van der Waals surface area contributed by atoms with Gasteiger partial charge in [-0.2, -0.15) is 0 Å². The number of hydrogen-bond acceptors (Lipinski definition) is 5. The first-order valence-electron chi connectivity index (χ1n) is 8.18. The lowest BCUT2D eigenvalue weighted by atomic mass is 10.1. The molecule has 1 amide bonds. The highest BCUT2D eigenvalue weighted by Crippen LogP contribution is 2.38. The molecule has 1 N–H and O–H groups in total. The molecule has 6 heteroatoms. The van der Waals surface area contributed by atoms with E-state index in [4.69, 9.17) is 14.2 Å². The van der Waals surface area contributed by atoms with Gasteiger partial charge in [0.2, 0.25) is 11.7 Å². The normalized spacial score (nSPS) is 10.2. The van der Waals surface area contributed by atoms with Crippen molar-refractivity contribution < 1.29 is 23.8 Å². The van der Waals surface area contributed by atoms with Crippen LogP contribution < -0.4 is 19.5 Å². The molecule has 2 rings (SSSR count). The van der Waals surface area contributed by atoms with Gasteiger partial charge in [-0.25, -0.2) is 0 Å². The highest BCUT2D eigenvalue weighted by Gasteiger charge is 2.14. The van der Waals surface area contributed by atoms with Crippen LogP contribution in [0.15, 0.2) is 36.4 Å². The van der Waals surface area contributed by atoms with Gasteiger partial charge in [-0.3, -0.25) is 9.59 Å². The van der Waals surface area contributed by atoms with Gasteiger partial charge in [-0.05, 0) is 55.3 Å². The summed E-state index contributed by atoms with van der Waals surface area (Å²) in [6, 6.07) is 10.5. The molecule has 0 fully saturated rings. The van der Waals surface area contributed by atoms with Gasteiger partial charge >= 0.3 is 0 Å². The minimum Gasteiger partial charge on any atom is -0.493 e. The van der Waals surface area contributed by atoms with Gasteiger partial charge in [0.05, 0.1) is 21.3 Å². The maximum Gasteiger partial charge on any atom is 0.224 e. The molecule has 0 atom stereocenters. The predicted octanol–water partition coefficient (Wildman–Crippen LogP) is 3.49. The topological polar surface area (TPSA) is 73.9 Å². The van der Waals surface area contributed by atoms with Crippen LogP contribution in [0.2, 0.25) is 0 Å². The number of carbonyl (C=O) groups excluding carboxylic acids is 2. The summed E-state index contributed by atoms with van der Waals surface area (Å²) in [5.74, 6) is 1.51. The lowest BCUT2D eigenvalue weighted by Crippen LogP contribution is -2.12. The fraction of sp³-hybridized carbons (Fsp3) is 0.300. The maximum absolute atomic E-state index is 12.2. The number of anilines is 1. The van der Waals surface area contributed by atoms with Crippen LogP contribution in [0.3, 0.4) is 0 Å². The number of carbonyl (C=O) groups is 2. The largest absolute Gasteiger partial charge is 0.493 e. The second kappa shape index (κ2) is 8.89. The zero-order chi connectivity index (χ0) is 19.1. The lowest BCUT2D eigenvalue weighted by molar-refractivity contribution is -0.116. The van der Waals surface area contributed by atoms with E-state index < -0.39 is 0 Å². The van der Waals surface area contributed by atoms with Crippen LogP contribution >= 0.6 is 0 Å². The number of ether oxygens (including phenoxy) is 3. The van der Waals surface area contributed by atoms with Crippen LogP contribution in [-0.2, 0) is 11.2 Å². The Bertz CT molecular complexity index is 758. The van der Waals surface area contributed by atoms with Crippen molar-refractivity contribution in [3.05, 3.63) is 47.5 Å². The molecule has 0 aliphatic carbocycles. The van der Waals surface area contributed by atoms with Gasteiger partial charge in [0.15, 0.2) is 17.3 Å². The van der Waals surface area contributed by atoms with Crippen molar-refractivity contribution in [1.82, 2.24) is 0 Å². The summed E-state index contributed by atoms with van der Waals surface area (Å²) in [6.45, 7) is 1.50. The van der Waals surface area contributed by atoms with Gasteiger partial charge in [-0.1, -0.05) is 0 Å². The van der Waals surface area contributed by atoms with Crippen LogP contribution in [0, 0.1) is 0 Å². The molecule has 138 valence electrons. The molecule has 6 nitrogen and oxygen atoms in total. The SMILES string of the molecule is COc1cc(CCC(=O)Nc2ccc(C(C)=O)cc2)cc(OC)c1OC. The number of amides is 1. The Morgan fingerprint density at radius 3 is 1.96 bits per heavy atom. The third-order valence-corrected chi connectivity index (χ3v) is 3.94. The van der Waals surface area contributed by atoms with Gasteiger partial charge in [0.1, 0.15) is 0 Å². The lowest BCUT2D eigenvalue weighted by Gasteiger charge is -2.14. The average molecular weight is 357 g/mol. The van der Waals surface area contributed by atoms with E-state index in [1.165, 1.54) is 6.92 Å². The number of methoxy groups -OCH3 is 3. The second-order valence-corrected chi connectivity index (χ2v) is 5.72. The van der Waals surface area contributed by atoms with E-state index in [9.17, 15) is 9.59 Å². The molecule has 0 bridgehead atoms. The fourth-order valence-electron chi connectivity index (χ4n) is 2.55. The summed E-state index contributed by atoms with van der Waals surface area (Å²) >= 11 is 0. The smallest absolute Gasteiger partial charge is 0.224 e. The van der Waals surface area contributed by atoms with E-state index in [2.05, 4.69) is 5.32 Å². The van der Waals surface area contributed by atoms with Crippen molar-refractivity contribution in [1.29, 1.82) is 0 Å². The summed E-state index contributed by atoms with van der Waals surface area (Å²) in [5, 5.41) is 2.82. The quantitative estimate of drug-likeness (QED) is 0.732. The van der Waals surface area contributed by atoms with Crippen LogP contribution in [0.4, 0.5) is 5.69 Å². The summed E-state index contributed by atoms with van der Waals surface area (Å²) in [7, 11) is 4.65. The van der Waals surface area contributed by atoms with E-state index >= 15 is 0 Å². The van der Waals surface area contributed by atoms with Crippen molar-refractivity contribution in [2.24, 2.45) is 0 Å². The van der Waals surface area contributed by atoms with E-state index in [0.29, 0.717) is 41.3 Å². The van der Waals surface area contributed by atoms with Gasteiger partial charge in [0.25, 0.3) is 0 Å². The molecule has 0 saturated heterocycles. The number of nitrogens with one attached hydrogen (secondary N) is 1. The number of hydrogen-bond donors (Lipinski definition) is 1. The highest BCUT2D eigenvalue weighted by atomic mass is 16.5. The molecular formula is C20H23NO5. The molecule has 0 saturated carbocycles. The summed E-state index contributed by atoms with van der Waals surface area (Å²) in [5.41, 5.74) is 2.17. The first-order valence-corrected chi connectivity index (χ1v) is 8.18. The Morgan fingerprint density at radius 2 is 1.50 bits per heavy atom. The Morgan fingerprint density at radius 1 is 0.923 bits per heavy atom. The van der Waals surface area contributed by atoms with Crippen molar-refractivity contribution in [3.63, 3.8) is 0 Å². The zero-order valence-electron chi connectivity index (χ0n) is 15.4. The van der Waals surface area contributed by atoms with E-state index in [0.717, 1.165) is 5.56 Å². The zero-order valence-corrected chi connectivity index (χ0v) is 15.4. The number of ketones is 1. The number of Topliss-reactive ketones (excluding diaryl/α,β-unsaturated/α-hetero) is 1. The number of aryl methyl sites for hydroxylation is 1. The van der Waals surface area contributed by atoms with E-state index in [-0.39, 0.29) is 11.7 Å². The molecule has 2 aromatic carbocycles. The Balaban J connectivity index is 2.01. The minimum absolute atomic E-state index is 0.00900. The molecule has 0 aliphatic rings. The van der Waals surface area contributed by atoms with Crippen LogP contribution in [0.25, 0.3) is 0 Å². The number of benzene rings is 2. The molecular weight excluding hydrogens is 334 g/mol. The molecule has 0 aliphatic heterocycles. The average Bonchev–Trinajstić information content (AvgIpc) is 2.65. The molecule has 0 spiro atoms. The van der Waals surface area contributed by atoms with Crippen LogP contribution in [-0.4, -0.2) is 33.0 Å². The third-order valence-electron chi connectivity index (χ3n) is 3.94. The molecule has 0 radical (unpaired) electrons. The number of rotatable bonds is 8. The predicted molar refractivity (Wildman–Crippen MR) is 99.5 cm³/mol. The summed E-state index contributed by atoms with van der Waals surface area (Å²) in [4.78, 5) is 23.4. The Hall–Kier alpha value is -3.02. The van der Waals surface area contributed by atoms with E-state index in [1.54, 1.807) is 45.6 Å². The van der Waals surface area contributed by atoms with Gasteiger partial charge in [-0.15, -0.1) is 0 Å². The molecule has 0 aromatic heterocycles. The standard InChI is InChI=1S/C20H23NO5/c1-13(22)15-6-8-16(9-7-15)21-19(23)10-5-14-11-17(24-2)20(26-4)18(12-14)25-3/h6-9,11-12H,5,10H2,1-4H3,(H,21,23). The van der Waals surface area contributed by atoms with E-state index in [1.807, 2.05) is 12.1 Å². The Kier molecular flexibility index (Phi) is 6.60. The minimum atomic E-state index is -0.116. The van der Waals surface area contributed by atoms with Crippen LogP contribution in [0.5, 0.6) is 17.2 Å². The van der Waals surface area contributed by atoms with Gasteiger partial charge < -0.3 is 19.5 Å². The summed E-state index contributed by atoms with van der Waals surface area (Å²) < 4.78 is 15.9.